The fourth-order valence-electron chi connectivity index (χ4n) is 3.48. The second kappa shape index (κ2) is 8.09. The molecule has 1 aromatic rings. The van der Waals surface area contributed by atoms with Crippen LogP contribution in [0.25, 0.3) is 0 Å². The third-order valence-electron chi connectivity index (χ3n) is 4.96. The smallest absolute Gasteiger partial charge is 0.254 e. The first kappa shape index (κ1) is 18.7. The largest absolute Gasteiger partial charge is 0.338 e. The van der Waals surface area contributed by atoms with E-state index in [1.165, 1.54) is 6.07 Å². The van der Waals surface area contributed by atoms with Gasteiger partial charge in [-0.1, -0.05) is 13.3 Å². The van der Waals surface area contributed by atoms with E-state index in [1.807, 2.05) is 0 Å². The number of benzene rings is 1. The second-order valence-corrected chi connectivity index (χ2v) is 6.81. The number of hydrogen-bond donors (Lipinski definition) is 2. The van der Waals surface area contributed by atoms with Gasteiger partial charge in [-0.25, -0.2) is 14.2 Å². The number of halogens is 2. The first-order valence-corrected chi connectivity index (χ1v) is 9.03. The minimum Gasteiger partial charge on any atom is -0.338 e. The van der Waals surface area contributed by atoms with Crippen LogP contribution in [0.5, 0.6) is 0 Å². The summed E-state index contributed by atoms with van der Waals surface area (Å²) >= 11 is 0. The maximum atomic E-state index is 13.3. The van der Waals surface area contributed by atoms with Gasteiger partial charge in [-0.3, -0.25) is 15.0 Å². The Bertz CT molecular complexity index is 677. The number of amides is 2. The zero-order valence-corrected chi connectivity index (χ0v) is 14.8. The zero-order chi connectivity index (χ0) is 18.7. The van der Waals surface area contributed by atoms with Crippen molar-refractivity contribution in [1.82, 2.24) is 20.7 Å². The molecule has 2 unspecified atom stereocenters. The first-order valence-electron chi connectivity index (χ1n) is 9.03. The van der Waals surface area contributed by atoms with E-state index in [1.54, 1.807) is 9.80 Å². The van der Waals surface area contributed by atoms with Crippen LogP contribution in [0.3, 0.4) is 0 Å². The Morgan fingerprint density at radius 1 is 1.08 bits per heavy atom. The van der Waals surface area contributed by atoms with Gasteiger partial charge in [0, 0.05) is 37.8 Å². The molecular formula is C18H24F2N4O2. The van der Waals surface area contributed by atoms with Gasteiger partial charge in [-0.05, 0) is 31.0 Å². The quantitative estimate of drug-likeness (QED) is 0.843. The van der Waals surface area contributed by atoms with E-state index in [0.717, 1.165) is 31.4 Å². The number of nitrogens with one attached hydrogen (secondary N) is 2. The standard InChI is InChI=1S/C18H24F2N4O2/c1-2-3-13-11-16(22-21-13)18(26)24-8-6-23(7-9-24)17(25)12-4-5-14(19)15(20)10-12/h4-5,10,13,16,21-22H,2-3,6-9,11H2,1H3. The Morgan fingerprint density at radius 3 is 2.42 bits per heavy atom. The van der Waals surface area contributed by atoms with Gasteiger partial charge in [-0.2, -0.15) is 0 Å². The van der Waals surface area contributed by atoms with Crippen molar-refractivity contribution in [2.24, 2.45) is 0 Å². The van der Waals surface area contributed by atoms with Crippen molar-refractivity contribution < 1.29 is 18.4 Å². The lowest BCUT2D eigenvalue weighted by atomic mass is 10.0. The highest BCUT2D eigenvalue weighted by Crippen LogP contribution is 2.16. The molecule has 2 aliphatic heterocycles. The Kier molecular flexibility index (Phi) is 5.83. The number of rotatable bonds is 4. The summed E-state index contributed by atoms with van der Waals surface area (Å²) in [6.45, 7) is 3.74. The van der Waals surface area contributed by atoms with Crippen molar-refractivity contribution in [3.63, 3.8) is 0 Å². The van der Waals surface area contributed by atoms with Crippen LogP contribution < -0.4 is 10.9 Å². The van der Waals surface area contributed by atoms with Gasteiger partial charge >= 0.3 is 0 Å². The number of hydrazine groups is 1. The molecule has 2 aliphatic rings. The van der Waals surface area contributed by atoms with Crippen molar-refractivity contribution in [2.45, 2.75) is 38.3 Å². The predicted molar refractivity (Wildman–Crippen MR) is 92.2 cm³/mol. The third-order valence-corrected chi connectivity index (χ3v) is 4.96. The fourth-order valence-corrected chi connectivity index (χ4v) is 3.48. The third kappa shape index (κ3) is 4.02. The molecule has 26 heavy (non-hydrogen) atoms. The molecule has 0 saturated carbocycles. The summed E-state index contributed by atoms with van der Waals surface area (Å²) in [6.07, 6.45) is 2.85. The molecule has 2 N–H and O–H groups in total. The van der Waals surface area contributed by atoms with Gasteiger partial charge in [0.15, 0.2) is 11.6 Å². The van der Waals surface area contributed by atoms with Crippen molar-refractivity contribution in [3.8, 4) is 0 Å². The molecule has 3 rings (SSSR count). The highest BCUT2D eigenvalue weighted by molar-refractivity contribution is 5.94. The van der Waals surface area contributed by atoms with Crippen molar-refractivity contribution in [2.75, 3.05) is 26.2 Å². The topological polar surface area (TPSA) is 64.7 Å². The number of carbonyl (C=O) groups excluding carboxylic acids is 2. The Hall–Kier alpha value is -2.06. The summed E-state index contributed by atoms with van der Waals surface area (Å²) in [5.41, 5.74) is 6.34. The lowest BCUT2D eigenvalue weighted by Crippen LogP contribution is -2.54. The minimum absolute atomic E-state index is 0.0380. The molecule has 2 fully saturated rings. The van der Waals surface area contributed by atoms with Crippen LogP contribution in [0.2, 0.25) is 0 Å². The second-order valence-electron chi connectivity index (χ2n) is 6.81. The molecule has 2 heterocycles. The lowest BCUT2D eigenvalue weighted by Gasteiger charge is -2.36. The van der Waals surface area contributed by atoms with E-state index in [4.69, 9.17) is 0 Å². The van der Waals surface area contributed by atoms with E-state index < -0.39 is 11.6 Å². The molecule has 0 aromatic heterocycles. The van der Waals surface area contributed by atoms with E-state index in [-0.39, 0.29) is 23.4 Å². The molecule has 0 aliphatic carbocycles. The van der Waals surface area contributed by atoms with E-state index in [0.29, 0.717) is 32.2 Å². The lowest BCUT2D eigenvalue weighted by molar-refractivity contribution is -0.134. The highest BCUT2D eigenvalue weighted by atomic mass is 19.2. The molecule has 0 radical (unpaired) electrons. The minimum atomic E-state index is -1.04. The van der Waals surface area contributed by atoms with Crippen LogP contribution in [-0.2, 0) is 4.79 Å². The van der Waals surface area contributed by atoms with Crippen molar-refractivity contribution in [3.05, 3.63) is 35.4 Å². The van der Waals surface area contributed by atoms with Crippen molar-refractivity contribution in [1.29, 1.82) is 0 Å². The molecule has 0 spiro atoms. The highest BCUT2D eigenvalue weighted by Gasteiger charge is 2.33. The molecule has 6 nitrogen and oxygen atoms in total. The maximum absolute atomic E-state index is 13.3. The number of hydrogen-bond acceptors (Lipinski definition) is 4. The molecule has 142 valence electrons. The summed E-state index contributed by atoms with van der Waals surface area (Å²) < 4.78 is 26.3. The van der Waals surface area contributed by atoms with Gasteiger partial charge in [0.05, 0.1) is 0 Å². The van der Waals surface area contributed by atoms with Crippen LogP contribution in [-0.4, -0.2) is 59.9 Å². The average Bonchev–Trinajstić information content (AvgIpc) is 3.12. The average molecular weight is 366 g/mol. The van der Waals surface area contributed by atoms with Crippen LogP contribution >= 0.6 is 0 Å². The Morgan fingerprint density at radius 2 is 1.77 bits per heavy atom. The summed E-state index contributed by atoms with van der Waals surface area (Å²) in [7, 11) is 0. The normalized spacial score (nSPS) is 23.3. The van der Waals surface area contributed by atoms with Crippen LogP contribution in [0.1, 0.15) is 36.5 Å². The van der Waals surface area contributed by atoms with Gasteiger partial charge in [0.25, 0.3) is 5.91 Å². The molecular weight excluding hydrogens is 342 g/mol. The molecule has 0 bridgehead atoms. The fraction of sp³-hybridized carbons (Fsp3) is 0.556. The SMILES string of the molecule is CCCC1CC(C(=O)N2CCN(C(=O)c3ccc(F)c(F)c3)CC2)NN1. The van der Waals surface area contributed by atoms with Crippen LogP contribution in [0.4, 0.5) is 8.78 Å². The van der Waals surface area contributed by atoms with Crippen molar-refractivity contribution >= 4 is 11.8 Å². The predicted octanol–water partition coefficient (Wildman–Crippen LogP) is 1.28. The van der Waals surface area contributed by atoms with Crippen LogP contribution in [0, 0.1) is 11.6 Å². The summed E-state index contributed by atoms with van der Waals surface area (Å²) in [4.78, 5) is 28.3. The molecule has 2 atom stereocenters. The van der Waals surface area contributed by atoms with Gasteiger partial charge in [0.2, 0.25) is 5.91 Å². The Balaban J connectivity index is 1.53. The van der Waals surface area contributed by atoms with E-state index >= 15 is 0 Å². The number of nitrogens with zero attached hydrogens (tertiary/aromatic N) is 2. The number of carbonyl (C=O) groups is 2. The summed E-state index contributed by atoms with van der Waals surface area (Å²) in [5, 5.41) is 0. The van der Waals surface area contributed by atoms with Gasteiger partial charge < -0.3 is 9.80 Å². The monoisotopic (exact) mass is 366 g/mol. The molecule has 1 aromatic carbocycles. The maximum Gasteiger partial charge on any atom is 0.254 e. The summed E-state index contributed by atoms with van der Waals surface area (Å²) in [6, 6.07) is 3.22. The van der Waals surface area contributed by atoms with Gasteiger partial charge in [0.1, 0.15) is 6.04 Å². The first-order chi connectivity index (χ1) is 12.5. The van der Waals surface area contributed by atoms with Gasteiger partial charge in [-0.15, -0.1) is 0 Å². The Labute approximate surface area is 151 Å². The van der Waals surface area contributed by atoms with Crippen LogP contribution in [0.15, 0.2) is 18.2 Å². The van der Waals surface area contributed by atoms with E-state index in [2.05, 4.69) is 17.8 Å². The van der Waals surface area contributed by atoms with E-state index in [9.17, 15) is 18.4 Å². The molecule has 8 heteroatoms. The zero-order valence-electron chi connectivity index (χ0n) is 14.8. The number of piperazine rings is 1. The summed E-state index contributed by atoms with van der Waals surface area (Å²) in [5.74, 6) is -2.32. The molecule has 2 saturated heterocycles. The molecule has 2 amide bonds.